The number of para-hydroxylation sites is 1. The van der Waals surface area contributed by atoms with Crippen LogP contribution in [0.5, 0.6) is 17.2 Å². The van der Waals surface area contributed by atoms with Gasteiger partial charge in [0.1, 0.15) is 28.9 Å². The predicted octanol–water partition coefficient (Wildman–Crippen LogP) is 12.5. The molecule has 0 bridgehead atoms. The summed E-state index contributed by atoms with van der Waals surface area (Å²) in [6.45, 7) is 4.54. The number of aliphatic hydroxyl groups is 2. The van der Waals surface area contributed by atoms with Gasteiger partial charge in [-0.05, 0) is 193 Å². The van der Waals surface area contributed by atoms with Crippen molar-refractivity contribution in [3.05, 3.63) is 196 Å². The third-order valence-corrected chi connectivity index (χ3v) is 14.9. The van der Waals surface area contributed by atoms with Crippen LogP contribution in [0.4, 0.5) is 8.78 Å². The molecule has 5 aromatic carbocycles. The van der Waals surface area contributed by atoms with Crippen LogP contribution in [0.3, 0.4) is 0 Å². The summed E-state index contributed by atoms with van der Waals surface area (Å²) in [7, 11) is 0. The van der Waals surface area contributed by atoms with Crippen molar-refractivity contribution < 1.29 is 28.8 Å². The second kappa shape index (κ2) is 17.6. The zero-order valence-electron chi connectivity index (χ0n) is 37.2. The van der Waals surface area contributed by atoms with E-state index in [0.29, 0.717) is 0 Å². The van der Waals surface area contributed by atoms with Crippen molar-refractivity contribution in [2.75, 3.05) is 0 Å². The van der Waals surface area contributed by atoms with Gasteiger partial charge in [0, 0.05) is 0 Å². The summed E-state index contributed by atoms with van der Waals surface area (Å²) < 4.78 is 36.5. The number of phenols is 1. The molecule has 3 N–H and O–H groups in total. The average Bonchev–Trinajstić information content (AvgIpc) is 3.93. The molecule has 0 aliphatic heterocycles. The fourth-order valence-electron chi connectivity index (χ4n) is 11.2. The van der Waals surface area contributed by atoms with Crippen LogP contribution in [-0.2, 0) is 12.8 Å². The number of hydrogen-bond acceptors (Lipinski definition) is 6. The highest BCUT2D eigenvalue weighted by atomic mass is 19.1. The Morgan fingerprint density at radius 3 is 1.45 bits per heavy atom. The van der Waals surface area contributed by atoms with Gasteiger partial charge >= 0.3 is 0 Å². The highest BCUT2D eigenvalue weighted by Crippen LogP contribution is 2.56. The number of nitrogens with zero attached hydrogens (tertiary/aromatic N) is 4. The van der Waals surface area contributed by atoms with Crippen LogP contribution in [0.1, 0.15) is 98.2 Å². The molecule has 0 spiro atoms. The van der Waals surface area contributed by atoms with Crippen molar-refractivity contribution in [1.29, 1.82) is 0 Å². The number of ether oxygens (including phenoxy) is 1. The number of hydrogen-bond donors (Lipinski definition) is 3. The number of aromatic nitrogens is 4. The van der Waals surface area contributed by atoms with Gasteiger partial charge in [0.2, 0.25) is 0 Å². The third kappa shape index (κ3) is 8.17. The zero-order chi connectivity index (χ0) is 45.6. The summed E-state index contributed by atoms with van der Waals surface area (Å²) in [5, 5.41) is 41.6. The summed E-state index contributed by atoms with van der Waals surface area (Å²) >= 11 is 0. The highest BCUT2D eigenvalue weighted by molar-refractivity contribution is 5.63. The molecule has 10 heteroatoms. The maximum atomic E-state index is 13.4. The first kappa shape index (κ1) is 43.3. The Labute approximate surface area is 384 Å². The van der Waals surface area contributed by atoms with E-state index < -0.39 is 12.2 Å². The number of fused-ring (bicyclic) bond motifs is 4. The topological polar surface area (TPSA) is 106 Å². The number of aliphatic hydroxyl groups excluding tert-OH is 2. The number of halogens is 2. The van der Waals surface area contributed by atoms with E-state index in [1.54, 1.807) is 36.4 Å². The molecule has 11 rings (SSSR count). The standard InChI is InChI=1S/C31H29FN2O2.C25H25FN2O2/c1-31-19-22-20-33-34(25-14-12-24(32)13-15-25)29(22)18-23(31)6-5-9-28(31)30(35)21-10-16-27(17-11-21)36-26-7-3-2-4-8-26;1-25-14-17-15-27-28(20-9-7-19(26)8-10-20)23(17)13-18(25)3-2-4-22(25)24(30)16-5-11-21(29)12-6-16/h2-4,7-8,10-18,20,28,30,35H,5-6,9,19H2,1H3;5-13,15,22,24,29-30H,2-4,14H2,1H3/t28-,30+,31+;22-,24+,25+/m11/s1. The first-order valence-electron chi connectivity index (χ1n) is 23.0. The minimum atomic E-state index is -0.590. The molecule has 2 heterocycles. The Kier molecular flexibility index (Phi) is 11.6. The molecule has 66 heavy (non-hydrogen) atoms. The molecule has 336 valence electrons. The van der Waals surface area contributed by atoms with Gasteiger partial charge in [-0.3, -0.25) is 0 Å². The molecule has 8 nitrogen and oxygen atoms in total. The summed E-state index contributed by atoms with van der Waals surface area (Å²) in [6.07, 6.45) is 14.8. The van der Waals surface area contributed by atoms with Crippen LogP contribution in [0.15, 0.2) is 151 Å². The highest BCUT2D eigenvalue weighted by Gasteiger charge is 2.48. The largest absolute Gasteiger partial charge is 0.508 e. The SMILES string of the molecule is C[C@]12Cc3cnn(-c4ccc(F)cc4)c3C=C1CCC[C@@H]2[C@@H](O)c1ccc(O)cc1.C[C@]12Cc3cnn(-c4ccc(F)cc4)c3C=C1CCC[C@@H]2[C@@H](O)c1ccc(Oc2ccccc2)cc1. The van der Waals surface area contributed by atoms with Gasteiger partial charge in [-0.2, -0.15) is 10.2 Å². The fraction of sp³-hybridized carbons (Fsp3) is 0.286. The van der Waals surface area contributed by atoms with Crippen molar-refractivity contribution in [3.63, 3.8) is 0 Å². The maximum Gasteiger partial charge on any atom is 0.127 e. The minimum absolute atomic E-state index is 0.0874. The van der Waals surface area contributed by atoms with E-state index in [-0.39, 0.29) is 40.0 Å². The average molecular weight is 885 g/mol. The van der Waals surface area contributed by atoms with E-state index in [1.807, 2.05) is 88.5 Å². The Balaban J connectivity index is 0.000000158. The lowest BCUT2D eigenvalue weighted by Crippen LogP contribution is -2.40. The second-order valence-corrected chi connectivity index (χ2v) is 18.9. The van der Waals surface area contributed by atoms with Crippen LogP contribution in [-0.4, -0.2) is 34.9 Å². The van der Waals surface area contributed by atoms with Crippen molar-refractivity contribution in [2.24, 2.45) is 22.7 Å². The van der Waals surface area contributed by atoms with Gasteiger partial charge in [-0.25, -0.2) is 18.1 Å². The number of benzene rings is 5. The monoisotopic (exact) mass is 884 g/mol. The van der Waals surface area contributed by atoms with E-state index in [2.05, 4.69) is 36.2 Å². The molecule has 0 saturated heterocycles. The molecule has 7 aromatic rings. The smallest absolute Gasteiger partial charge is 0.127 e. The lowest BCUT2D eigenvalue weighted by molar-refractivity contribution is 0.0215. The molecule has 4 aliphatic carbocycles. The molecule has 0 radical (unpaired) electrons. The number of aromatic hydroxyl groups is 1. The lowest BCUT2D eigenvalue weighted by atomic mass is 9.57. The van der Waals surface area contributed by atoms with Crippen molar-refractivity contribution in [3.8, 4) is 28.6 Å². The molecular formula is C56H54F2N4O4. The lowest BCUT2D eigenvalue weighted by Gasteiger charge is -2.47. The Morgan fingerprint density at radius 1 is 0.576 bits per heavy atom. The zero-order valence-corrected chi connectivity index (χ0v) is 37.2. The molecule has 0 amide bonds. The molecule has 2 aromatic heterocycles. The second-order valence-electron chi connectivity index (χ2n) is 18.9. The van der Waals surface area contributed by atoms with Gasteiger partial charge in [-0.1, -0.05) is 67.5 Å². The van der Waals surface area contributed by atoms with E-state index in [0.717, 1.165) is 108 Å². The molecule has 4 aliphatic rings. The van der Waals surface area contributed by atoms with Crippen molar-refractivity contribution in [2.45, 2.75) is 77.4 Å². The van der Waals surface area contributed by atoms with Crippen LogP contribution in [0, 0.1) is 34.3 Å². The summed E-state index contributed by atoms with van der Waals surface area (Å²) in [6, 6.07) is 37.2. The molecule has 2 fully saturated rings. The van der Waals surface area contributed by atoms with E-state index in [4.69, 9.17) is 4.74 Å². The maximum absolute atomic E-state index is 13.4. The Bertz CT molecular complexity index is 2890. The van der Waals surface area contributed by atoms with Crippen LogP contribution < -0.4 is 4.74 Å². The predicted molar refractivity (Wildman–Crippen MR) is 252 cm³/mol. The van der Waals surface area contributed by atoms with E-state index in [9.17, 15) is 24.1 Å². The van der Waals surface area contributed by atoms with E-state index >= 15 is 0 Å². The molecule has 0 unspecified atom stereocenters. The Morgan fingerprint density at radius 2 is 1.00 bits per heavy atom. The quantitative estimate of drug-likeness (QED) is 0.140. The fourth-order valence-corrected chi connectivity index (χ4v) is 11.2. The summed E-state index contributed by atoms with van der Waals surface area (Å²) in [4.78, 5) is 0. The van der Waals surface area contributed by atoms with Crippen LogP contribution >= 0.6 is 0 Å². The minimum Gasteiger partial charge on any atom is -0.508 e. The normalized spacial score (nSPS) is 22.8. The Hall–Kier alpha value is -6.62. The van der Waals surface area contributed by atoms with Crippen molar-refractivity contribution >= 4 is 12.2 Å². The summed E-state index contributed by atoms with van der Waals surface area (Å²) in [5.41, 5.74) is 10.3. The number of phenolic OH excluding ortho intramolecular Hbond substituents is 1. The molecule has 6 atom stereocenters. The van der Waals surface area contributed by atoms with Gasteiger partial charge < -0.3 is 20.1 Å². The molecule has 2 saturated carbocycles. The number of allylic oxidation sites excluding steroid dienone is 2. The van der Waals surface area contributed by atoms with Crippen molar-refractivity contribution in [1.82, 2.24) is 19.6 Å². The van der Waals surface area contributed by atoms with Gasteiger partial charge in [-0.15, -0.1) is 0 Å². The van der Waals surface area contributed by atoms with Crippen LogP contribution in [0.2, 0.25) is 0 Å². The third-order valence-electron chi connectivity index (χ3n) is 14.9. The summed E-state index contributed by atoms with van der Waals surface area (Å²) in [5.74, 6) is 1.42. The van der Waals surface area contributed by atoms with Crippen LogP contribution in [0.25, 0.3) is 23.5 Å². The van der Waals surface area contributed by atoms with Gasteiger partial charge in [0.15, 0.2) is 0 Å². The van der Waals surface area contributed by atoms with E-state index in [1.165, 1.54) is 35.4 Å². The van der Waals surface area contributed by atoms with Gasteiger partial charge in [0.05, 0.1) is 47.4 Å². The first-order chi connectivity index (χ1) is 32.0. The first-order valence-corrected chi connectivity index (χ1v) is 23.0. The van der Waals surface area contributed by atoms with Gasteiger partial charge in [0.25, 0.3) is 0 Å². The number of rotatable bonds is 8. The molecular weight excluding hydrogens is 831 g/mol.